The molecule has 26 heavy (non-hydrogen) atoms. The summed E-state index contributed by atoms with van der Waals surface area (Å²) in [6, 6.07) is 13.0. The number of carboxylic acid groups (broad SMARTS) is 1. The summed E-state index contributed by atoms with van der Waals surface area (Å²) in [4.78, 5) is 11.4. The summed E-state index contributed by atoms with van der Waals surface area (Å²) in [5, 5.41) is 9.32. The Labute approximate surface area is 163 Å². The van der Waals surface area contributed by atoms with Crippen molar-refractivity contribution >= 4 is 5.97 Å². The number of carbonyl (C=O) groups is 1. The Hall–Kier alpha value is -1.84. The first-order valence-corrected chi connectivity index (χ1v) is 10.1. The van der Waals surface area contributed by atoms with Crippen LogP contribution in [0.2, 0.25) is 0 Å². The highest BCUT2D eigenvalue weighted by Gasteiger charge is 2.20. The molecule has 1 N–H and O–H groups in total. The topological polar surface area (TPSA) is 74.2 Å². The highest BCUT2D eigenvalue weighted by Crippen LogP contribution is 2.13. The van der Waals surface area contributed by atoms with E-state index in [1.54, 1.807) is 20.3 Å². The molecule has 6 nitrogen and oxygen atoms in total. The highest BCUT2D eigenvalue weighted by atomic mass is 127. The number of halogens is 1. The zero-order valence-electron chi connectivity index (χ0n) is 14.7. The zero-order chi connectivity index (χ0) is 18.8. The van der Waals surface area contributed by atoms with Crippen molar-refractivity contribution in [3.8, 4) is 11.5 Å². The predicted octanol–water partition coefficient (Wildman–Crippen LogP) is -0.436. The van der Waals surface area contributed by atoms with Crippen LogP contribution in [-0.4, -0.2) is 51.7 Å². The van der Waals surface area contributed by atoms with Gasteiger partial charge in [0.05, 0.1) is 18.8 Å². The van der Waals surface area contributed by atoms with Crippen LogP contribution < -0.4 is 30.7 Å². The summed E-state index contributed by atoms with van der Waals surface area (Å²) in [7, 11) is 3.23. The van der Waals surface area contributed by atoms with Crippen LogP contribution in [0.1, 0.15) is 10.4 Å². The Morgan fingerprint density at radius 3 is 2.04 bits per heavy atom. The number of carboxylic acids is 1. The van der Waals surface area contributed by atoms with E-state index in [2.05, 4.69) is 0 Å². The minimum atomic E-state index is -0.964. The van der Waals surface area contributed by atoms with Gasteiger partial charge in [-0.05, 0) is 30.3 Å². The first kappa shape index (κ1) is 20.5. The van der Waals surface area contributed by atoms with Crippen molar-refractivity contribution < 1.29 is 50.1 Å². The molecule has 0 spiro atoms. The Morgan fingerprint density at radius 1 is 0.846 bits per heavy atom. The van der Waals surface area contributed by atoms with Gasteiger partial charge in [-0.25, -0.2) is 4.79 Å². The quantitative estimate of drug-likeness (QED) is 0.353. The fourth-order valence-electron chi connectivity index (χ4n) is 2.03. The summed E-state index contributed by atoms with van der Waals surface area (Å²) in [6.07, 6.45) is 0. The molecule has 0 aliphatic rings. The molecule has 2 aromatic carbocycles. The van der Waals surface area contributed by atoms with Crippen molar-refractivity contribution in [2.75, 3.05) is 40.6 Å². The molecule has 0 atom stereocenters. The highest BCUT2D eigenvalue weighted by molar-refractivity contribution is 5.87. The summed E-state index contributed by atoms with van der Waals surface area (Å²) in [5.41, 5.74) is 0.231. The zero-order valence-corrected chi connectivity index (χ0v) is 16.9. The summed E-state index contributed by atoms with van der Waals surface area (Å²) >= 11 is -0.534. The van der Waals surface area contributed by atoms with Gasteiger partial charge in [-0.15, -0.1) is 0 Å². The third kappa shape index (κ3) is 6.81. The van der Waals surface area contributed by atoms with Gasteiger partial charge in [-0.2, -0.15) is 0 Å². The second-order valence-corrected chi connectivity index (χ2v) is 8.24. The number of aromatic carboxylic acids is 1. The number of hydrogen-bond donors (Lipinski definition) is 1. The van der Waals surface area contributed by atoms with Gasteiger partial charge in [0.15, 0.2) is 7.14 Å². The molecule has 0 radical (unpaired) electrons. The number of methoxy groups -OCH3 is 2. The van der Waals surface area contributed by atoms with Crippen LogP contribution in [0.15, 0.2) is 42.5 Å². The van der Waals surface area contributed by atoms with Crippen LogP contribution in [0.5, 0.6) is 11.5 Å². The first-order valence-electron chi connectivity index (χ1n) is 7.99. The minimum Gasteiger partial charge on any atom is -0.491 e. The molecule has 140 valence electrons. The van der Waals surface area contributed by atoms with Crippen LogP contribution in [0.3, 0.4) is 0 Å². The lowest BCUT2D eigenvalue weighted by molar-refractivity contribution is -0.597. The molecular weight excluding hydrogens is 451 g/mol. The fraction of sp³-hybridized carbons (Fsp3) is 0.316. The molecule has 0 aliphatic heterocycles. The lowest BCUT2D eigenvalue weighted by atomic mass is 10.2. The molecule has 2 rings (SSSR count). The largest absolute Gasteiger partial charge is 0.491 e. The second-order valence-electron chi connectivity index (χ2n) is 5.21. The van der Waals surface area contributed by atoms with E-state index in [0.717, 1.165) is 12.9 Å². The van der Waals surface area contributed by atoms with Gasteiger partial charge in [0.1, 0.15) is 24.7 Å². The van der Waals surface area contributed by atoms with E-state index in [9.17, 15) is 9.90 Å². The second kappa shape index (κ2) is 11.0. The molecule has 0 bridgehead atoms. The fourth-order valence-corrected chi connectivity index (χ4v) is 4.42. The van der Waals surface area contributed by atoms with Gasteiger partial charge in [-0.1, -0.05) is 0 Å². The van der Waals surface area contributed by atoms with Crippen LogP contribution in [-0.2, 0) is 9.47 Å². The number of ether oxygens (including phenoxy) is 4. The maximum absolute atomic E-state index is 11.4. The van der Waals surface area contributed by atoms with Crippen molar-refractivity contribution in [1.82, 2.24) is 0 Å². The Bertz CT molecular complexity index is 702. The third-order valence-corrected chi connectivity index (χ3v) is 5.85. The molecular formula is C19H22IO6+. The Balaban J connectivity index is 2.08. The predicted molar refractivity (Wildman–Crippen MR) is 92.0 cm³/mol. The van der Waals surface area contributed by atoms with Crippen molar-refractivity contribution in [1.29, 1.82) is 0 Å². The van der Waals surface area contributed by atoms with Crippen LogP contribution in [0.25, 0.3) is 0 Å². The molecule has 0 unspecified atom stereocenters. The van der Waals surface area contributed by atoms with Crippen molar-refractivity contribution in [3.05, 3.63) is 55.2 Å². The molecule has 0 aromatic heterocycles. The Morgan fingerprint density at radius 2 is 1.46 bits per heavy atom. The van der Waals surface area contributed by atoms with Gasteiger partial charge in [-0.3, -0.25) is 0 Å². The first-order chi connectivity index (χ1) is 12.6. The average molecular weight is 473 g/mol. The van der Waals surface area contributed by atoms with E-state index in [1.165, 1.54) is 6.07 Å². The Kier molecular flexibility index (Phi) is 8.66. The van der Waals surface area contributed by atoms with Crippen molar-refractivity contribution in [2.45, 2.75) is 0 Å². The average Bonchev–Trinajstić information content (AvgIpc) is 2.63. The molecule has 0 aliphatic carbocycles. The smallest absolute Gasteiger partial charge is 0.358 e. The van der Waals surface area contributed by atoms with Crippen molar-refractivity contribution in [3.63, 3.8) is 0 Å². The SMILES string of the molecule is COCCOc1ccc([I+]c2cc(OCCOC)cc(C(=O)O)c2)cc1. The standard InChI is InChI=1S/C19H21IO6/c1-23-7-9-25-17-5-3-15(4-6-17)20-16-11-14(19(21)22)12-18(13-16)26-10-8-24-2/h3-6,11-13H,7-10H2,1-2H3/p+1. The minimum absolute atomic E-state index is 0.231. The van der Waals surface area contributed by atoms with Gasteiger partial charge >= 0.3 is 27.2 Å². The van der Waals surface area contributed by atoms with Gasteiger partial charge in [0.2, 0.25) is 0 Å². The molecule has 2 aromatic rings. The summed E-state index contributed by atoms with van der Waals surface area (Å²) in [5.74, 6) is 0.378. The van der Waals surface area contributed by atoms with E-state index < -0.39 is 27.2 Å². The monoisotopic (exact) mass is 473 g/mol. The lowest BCUT2D eigenvalue weighted by Crippen LogP contribution is -3.61. The number of benzene rings is 2. The van der Waals surface area contributed by atoms with E-state index in [4.69, 9.17) is 18.9 Å². The van der Waals surface area contributed by atoms with Crippen LogP contribution in [0.4, 0.5) is 0 Å². The molecule has 0 saturated carbocycles. The normalized spacial score (nSPS) is 10.5. The molecule has 0 heterocycles. The molecule has 0 fully saturated rings. The molecule has 7 heteroatoms. The van der Waals surface area contributed by atoms with E-state index in [0.29, 0.717) is 32.2 Å². The maximum atomic E-state index is 11.4. The lowest BCUT2D eigenvalue weighted by Gasteiger charge is -2.06. The van der Waals surface area contributed by atoms with Crippen molar-refractivity contribution in [2.24, 2.45) is 0 Å². The molecule has 0 amide bonds. The summed E-state index contributed by atoms with van der Waals surface area (Å²) < 4.78 is 23.2. The maximum Gasteiger partial charge on any atom is 0.358 e. The number of hydrogen-bond acceptors (Lipinski definition) is 5. The van der Waals surface area contributed by atoms with Gasteiger partial charge < -0.3 is 24.1 Å². The summed E-state index contributed by atoms with van der Waals surface area (Å²) in [6.45, 7) is 1.88. The van der Waals surface area contributed by atoms with E-state index >= 15 is 0 Å². The van der Waals surface area contributed by atoms with Gasteiger partial charge in [0, 0.05) is 26.4 Å². The van der Waals surface area contributed by atoms with Crippen LogP contribution >= 0.6 is 0 Å². The van der Waals surface area contributed by atoms with E-state index in [-0.39, 0.29) is 5.56 Å². The van der Waals surface area contributed by atoms with Gasteiger partial charge in [0.25, 0.3) is 0 Å². The van der Waals surface area contributed by atoms with E-state index in [1.807, 2.05) is 30.3 Å². The molecule has 0 saturated heterocycles. The third-order valence-electron chi connectivity index (χ3n) is 3.26. The number of rotatable bonds is 11. The van der Waals surface area contributed by atoms with Crippen LogP contribution in [0, 0.1) is 7.14 Å².